The number of ether oxygens (including phenoxy) is 1. The van der Waals surface area contributed by atoms with Crippen molar-refractivity contribution in [1.82, 2.24) is 9.55 Å². The normalized spacial score (nSPS) is 10.6. The van der Waals surface area contributed by atoms with Gasteiger partial charge in [-0.2, -0.15) is 0 Å². The first-order chi connectivity index (χ1) is 11.1. The number of hydrogen-bond donors (Lipinski definition) is 1. The summed E-state index contributed by atoms with van der Waals surface area (Å²) in [5.41, 5.74) is 1.93. The maximum Gasteiger partial charge on any atom is 0.337 e. The third kappa shape index (κ3) is 4.28. The van der Waals surface area contributed by atoms with Crippen LogP contribution in [0.25, 0.3) is 0 Å². The lowest BCUT2D eigenvalue weighted by Gasteiger charge is -2.14. The zero-order valence-electron chi connectivity index (χ0n) is 13.3. The van der Waals surface area contributed by atoms with Crippen LogP contribution in [0.15, 0.2) is 34.9 Å². The number of nitrogens with one attached hydrogen (secondary N) is 1. The Morgan fingerprint density at radius 2 is 2.04 bits per heavy atom. The van der Waals surface area contributed by atoms with Gasteiger partial charge < -0.3 is 9.30 Å². The highest BCUT2D eigenvalue weighted by molar-refractivity contribution is 9.10. The summed E-state index contributed by atoms with van der Waals surface area (Å²) in [5.74, 6) is 0.551. The lowest BCUT2D eigenvalue weighted by molar-refractivity contribution is 0.0600. The zero-order chi connectivity index (χ0) is 16.8. The minimum Gasteiger partial charge on any atom is -0.465 e. The fourth-order valence-electron chi connectivity index (χ4n) is 2.27. The molecule has 0 radical (unpaired) electrons. The minimum atomic E-state index is -0.349. The first-order valence-electron chi connectivity index (χ1n) is 7.52. The van der Waals surface area contributed by atoms with Crippen molar-refractivity contribution in [3.05, 3.63) is 57.4 Å². The van der Waals surface area contributed by atoms with Crippen LogP contribution in [0.1, 0.15) is 41.5 Å². The van der Waals surface area contributed by atoms with Gasteiger partial charge in [-0.3, -0.25) is 5.41 Å². The monoisotopic (exact) mass is 377 g/mol. The summed E-state index contributed by atoms with van der Waals surface area (Å²) in [6.07, 6.45) is 4.65. The van der Waals surface area contributed by atoms with E-state index in [-0.39, 0.29) is 5.97 Å². The second-order valence-electron chi connectivity index (χ2n) is 5.25. The lowest BCUT2D eigenvalue weighted by atomic mass is 10.1. The summed E-state index contributed by atoms with van der Waals surface area (Å²) in [6.45, 7) is 2.68. The molecule has 6 heteroatoms. The second-order valence-corrected chi connectivity index (χ2v) is 6.10. The first-order valence-corrected chi connectivity index (χ1v) is 8.32. The molecule has 0 aliphatic heterocycles. The van der Waals surface area contributed by atoms with E-state index in [1.165, 1.54) is 7.11 Å². The summed E-state index contributed by atoms with van der Waals surface area (Å²) < 4.78 is 7.27. The van der Waals surface area contributed by atoms with Gasteiger partial charge in [-0.15, -0.1) is 0 Å². The van der Waals surface area contributed by atoms with Crippen molar-refractivity contribution in [2.45, 2.75) is 32.7 Å². The van der Waals surface area contributed by atoms with E-state index >= 15 is 0 Å². The van der Waals surface area contributed by atoms with Gasteiger partial charge in [-0.1, -0.05) is 25.5 Å². The lowest BCUT2D eigenvalue weighted by Crippen LogP contribution is -2.26. The van der Waals surface area contributed by atoms with E-state index in [1.807, 2.05) is 16.7 Å². The van der Waals surface area contributed by atoms with Crippen LogP contribution in [0.3, 0.4) is 0 Å². The van der Waals surface area contributed by atoms with Crippen molar-refractivity contribution >= 4 is 21.9 Å². The van der Waals surface area contributed by atoms with E-state index in [9.17, 15) is 4.79 Å². The van der Waals surface area contributed by atoms with E-state index in [0.29, 0.717) is 22.1 Å². The van der Waals surface area contributed by atoms with Crippen LogP contribution in [-0.2, 0) is 17.7 Å². The molecule has 0 bridgehead atoms. The smallest absolute Gasteiger partial charge is 0.337 e. The van der Waals surface area contributed by atoms with Crippen LogP contribution in [0.4, 0.5) is 0 Å². The van der Waals surface area contributed by atoms with Crippen LogP contribution >= 0.6 is 15.9 Å². The number of halogens is 1. The Morgan fingerprint density at radius 1 is 1.35 bits per heavy atom. The number of nitrogens with zero attached hydrogens (tertiary/aromatic N) is 2. The molecule has 0 amide bonds. The van der Waals surface area contributed by atoms with Gasteiger partial charge in [0.1, 0.15) is 11.3 Å². The Hall–Kier alpha value is -1.95. The Bertz CT molecular complexity index is 738. The van der Waals surface area contributed by atoms with Crippen LogP contribution in [-0.4, -0.2) is 22.6 Å². The molecule has 0 atom stereocenters. The molecule has 0 saturated heterocycles. The molecule has 1 N–H and O–H groups in total. The molecule has 0 unspecified atom stereocenters. The quantitative estimate of drug-likeness (QED) is 0.785. The number of esters is 1. The standard InChI is InChI=1S/C17H20BrN3O2/c1-3-4-5-15-20-10-14(18)16(19)21(15)11-12-6-8-13(9-7-12)17(22)23-2/h6-10,19H,3-5,11H2,1-2H3. The molecule has 23 heavy (non-hydrogen) atoms. The molecule has 2 aromatic rings. The van der Waals surface area contributed by atoms with Gasteiger partial charge in [0.05, 0.1) is 23.7 Å². The summed E-state index contributed by atoms with van der Waals surface area (Å²) in [7, 11) is 1.37. The fraction of sp³-hybridized carbons (Fsp3) is 0.353. The van der Waals surface area contributed by atoms with Crippen molar-refractivity contribution in [3.63, 3.8) is 0 Å². The predicted molar refractivity (Wildman–Crippen MR) is 91.3 cm³/mol. The Morgan fingerprint density at radius 3 is 2.65 bits per heavy atom. The fourth-order valence-corrected chi connectivity index (χ4v) is 2.59. The molecule has 0 spiro atoms. The van der Waals surface area contributed by atoms with E-state index in [1.54, 1.807) is 18.3 Å². The van der Waals surface area contributed by atoms with Crippen molar-refractivity contribution in [2.24, 2.45) is 0 Å². The van der Waals surface area contributed by atoms with Crippen LogP contribution in [0, 0.1) is 5.41 Å². The summed E-state index contributed by atoms with van der Waals surface area (Å²) in [4.78, 5) is 15.9. The maximum atomic E-state index is 11.5. The molecule has 0 aliphatic carbocycles. The predicted octanol–water partition coefficient (Wildman–Crippen LogP) is 3.30. The van der Waals surface area contributed by atoms with Crippen LogP contribution < -0.4 is 5.49 Å². The number of benzene rings is 1. The van der Waals surface area contributed by atoms with Gasteiger partial charge in [0.2, 0.25) is 0 Å². The van der Waals surface area contributed by atoms with Crippen molar-refractivity contribution in [1.29, 1.82) is 5.41 Å². The molecule has 122 valence electrons. The third-order valence-electron chi connectivity index (χ3n) is 3.60. The highest BCUT2D eigenvalue weighted by Crippen LogP contribution is 2.10. The van der Waals surface area contributed by atoms with Gasteiger partial charge >= 0.3 is 5.97 Å². The first kappa shape index (κ1) is 17.4. The number of aromatic nitrogens is 2. The summed E-state index contributed by atoms with van der Waals surface area (Å²) >= 11 is 3.37. The van der Waals surface area contributed by atoms with Crippen molar-refractivity contribution in [2.75, 3.05) is 7.11 Å². The average Bonchev–Trinajstić information content (AvgIpc) is 2.58. The molecule has 5 nitrogen and oxygen atoms in total. The molecular weight excluding hydrogens is 358 g/mol. The minimum absolute atomic E-state index is 0.349. The average molecular weight is 378 g/mol. The van der Waals surface area contributed by atoms with Gasteiger partial charge in [-0.05, 0) is 40.0 Å². The van der Waals surface area contributed by atoms with E-state index in [4.69, 9.17) is 10.1 Å². The molecule has 0 saturated carbocycles. The third-order valence-corrected chi connectivity index (χ3v) is 4.18. The Balaban J connectivity index is 2.29. The number of carbonyl (C=O) groups excluding carboxylic acids is 1. The summed E-state index contributed by atoms with van der Waals surface area (Å²) in [6, 6.07) is 7.23. The zero-order valence-corrected chi connectivity index (χ0v) is 14.9. The van der Waals surface area contributed by atoms with Gasteiger partial charge in [0.25, 0.3) is 0 Å². The van der Waals surface area contributed by atoms with Gasteiger partial charge in [-0.25, -0.2) is 9.78 Å². The molecule has 0 fully saturated rings. The van der Waals surface area contributed by atoms with Gasteiger partial charge in [0, 0.05) is 12.6 Å². The molecule has 0 aliphatic rings. The number of hydrogen-bond acceptors (Lipinski definition) is 4. The van der Waals surface area contributed by atoms with Crippen LogP contribution in [0.5, 0.6) is 0 Å². The number of rotatable bonds is 6. The summed E-state index contributed by atoms with van der Waals surface area (Å²) in [5, 5.41) is 8.26. The highest BCUT2D eigenvalue weighted by atomic mass is 79.9. The van der Waals surface area contributed by atoms with Crippen molar-refractivity contribution in [3.8, 4) is 0 Å². The number of unbranched alkanes of at least 4 members (excludes halogenated alkanes) is 1. The highest BCUT2D eigenvalue weighted by Gasteiger charge is 2.09. The van der Waals surface area contributed by atoms with E-state index in [0.717, 1.165) is 30.7 Å². The van der Waals surface area contributed by atoms with E-state index < -0.39 is 0 Å². The van der Waals surface area contributed by atoms with Crippen LogP contribution in [0.2, 0.25) is 0 Å². The largest absolute Gasteiger partial charge is 0.465 e. The second kappa shape index (κ2) is 8.06. The molecule has 2 rings (SSSR count). The molecule has 1 aromatic carbocycles. The maximum absolute atomic E-state index is 11.5. The molecule has 1 heterocycles. The number of carbonyl (C=O) groups is 1. The van der Waals surface area contributed by atoms with E-state index in [2.05, 4.69) is 27.8 Å². The molecule has 1 aromatic heterocycles. The van der Waals surface area contributed by atoms with Gasteiger partial charge in [0.15, 0.2) is 0 Å². The number of methoxy groups -OCH3 is 1. The Kier molecular flexibility index (Phi) is 6.10. The molecular formula is C17H20BrN3O2. The topological polar surface area (TPSA) is 68.0 Å². The Labute approximate surface area is 144 Å². The SMILES string of the molecule is CCCCc1ncc(Br)c(=N)n1Cc1ccc(C(=O)OC)cc1. The number of aryl methyl sites for hydroxylation is 1. The van der Waals surface area contributed by atoms with Crippen molar-refractivity contribution < 1.29 is 9.53 Å².